The first-order chi connectivity index (χ1) is 31.1. The van der Waals surface area contributed by atoms with E-state index >= 15 is 0 Å². The van der Waals surface area contributed by atoms with Crippen LogP contribution in [-0.4, -0.2) is 74.0 Å². The number of benzene rings is 6. The summed E-state index contributed by atoms with van der Waals surface area (Å²) < 4.78 is 10.1. The van der Waals surface area contributed by atoms with Gasteiger partial charge in [-0.15, -0.1) is 0 Å². The third-order valence-corrected chi connectivity index (χ3v) is 10.6. The number of amides is 4. The van der Waals surface area contributed by atoms with Crippen molar-refractivity contribution in [2.24, 2.45) is 0 Å². The maximum absolute atomic E-state index is 14.4. The molecule has 12 nitrogen and oxygen atoms in total. The van der Waals surface area contributed by atoms with Crippen LogP contribution in [0.3, 0.4) is 0 Å². The van der Waals surface area contributed by atoms with Gasteiger partial charge >= 0.3 is 11.9 Å². The largest absolute Gasteiger partial charge is 0.467 e. The maximum atomic E-state index is 14.4. The average Bonchev–Trinajstić information content (AvgIpc) is 3.33. The van der Waals surface area contributed by atoms with Gasteiger partial charge in [0.25, 0.3) is 11.8 Å². The first-order valence-electron chi connectivity index (χ1n) is 20.9. The Morgan fingerprint density at radius 1 is 0.359 bits per heavy atom. The van der Waals surface area contributed by atoms with Crippen LogP contribution in [0.15, 0.2) is 170 Å². The molecule has 0 aliphatic rings. The number of rotatable bonds is 19. The Morgan fingerprint density at radius 3 is 0.922 bits per heavy atom. The second-order valence-electron chi connectivity index (χ2n) is 15.1. The fourth-order valence-electron chi connectivity index (χ4n) is 7.34. The summed E-state index contributed by atoms with van der Waals surface area (Å²) in [5.41, 5.74) is 4.26. The molecule has 4 N–H and O–H groups in total. The summed E-state index contributed by atoms with van der Waals surface area (Å²) in [7, 11) is 2.49. The molecule has 0 saturated heterocycles. The van der Waals surface area contributed by atoms with Crippen molar-refractivity contribution in [2.45, 2.75) is 49.9 Å². The van der Waals surface area contributed by atoms with Crippen LogP contribution >= 0.6 is 0 Å². The van der Waals surface area contributed by atoms with Crippen LogP contribution in [0.1, 0.15) is 43.0 Å². The topological polar surface area (TPSA) is 169 Å². The number of hydrogen-bond donors (Lipinski definition) is 4. The highest BCUT2D eigenvalue weighted by atomic mass is 16.5. The van der Waals surface area contributed by atoms with E-state index in [1.165, 1.54) is 14.2 Å². The number of hydrogen-bond acceptors (Lipinski definition) is 8. The van der Waals surface area contributed by atoms with Crippen molar-refractivity contribution in [3.8, 4) is 11.1 Å². The minimum atomic E-state index is -1.13. The van der Waals surface area contributed by atoms with Crippen LogP contribution in [0.5, 0.6) is 0 Å². The lowest BCUT2D eigenvalue weighted by Gasteiger charge is -2.24. The Balaban J connectivity index is 1.27. The zero-order chi connectivity index (χ0) is 45.3. The van der Waals surface area contributed by atoms with Gasteiger partial charge in [-0.25, -0.2) is 9.59 Å². The van der Waals surface area contributed by atoms with E-state index in [-0.39, 0.29) is 36.8 Å². The molecule has 0 aromatic heterocycles. The van der Waals surface area contributed by atoms with E-state index in [1.54, 1.807) is 48.5 Å². The van der Waals surface area contributed by atoms with Gasteiger partial charge in [0.2, 0.25) is 11.8 Å². The van der Waals surface area contributed by atoms with Gasteiger partial charge in [-0.05, 0) is 45.5 Å². The molecule has 64 heavy (non-hydrogen) atoms. The Labute approximate surface area is 372 Å². The Kier molecular flexibility index (Phi) is 16.3. The van der Waals surface area contributed by atoms with Gasteiger partial charge in [0.05, 0.1) is 14.2 Å². The van der Waals surface area contributed by atoms with E-state index in [4.69, 9.17) is 9.47 Å². The molecule has 4 amide bonds. The van der Waals surface area contributed by atoms with Crippen molar-refractivity contribution in [2.75, 3.05) is 14.2 Å². The number of methoxy groups -OCH3 is 2. The Bertz CT molecular complexity index is 2340. The summed E-state index contributed by atoms with van der Waals surface area (Å²) in [6.07, 6.45) is 0.540. The molecule has 0 aliphatic heterocycles. The van der Waals surface area contributed by atoms with Gasteiger partial charge in [-0.3, -0.25) is 19.2 Å². The van der Waals surface area contributed by atoms with E-state index in [2.05, 4.69) is 21.3 Å². The van der Waals surface area contributed by atoms with Gasteiger partial charge in [-0.2, -0.15) is 0 Å². The normalized spacial score (nSPS) is 12.6. The fourth-order valence-corrected chi connectivity index (χ4v) is 7.34. The second kappa shape index (κ2) is 22.8. The van der Waals surface area contributed by atoms with Crippen molar-refractivity contribution in [1.29, 1.82) is 0 Å². The molecule has 0 fully saturated rings. The monoisotopic (exact) mass is 858 g/mol. The highest BCUT2D eigenvalue weighted by Crippen LogP contribution is 2.28. The predicted octanol–water partition coefficient (Wildman–Crippen LogP) is 5.84. The molecule has 4 atom stereocenters. The number of ether oxygens (including phenoxy) is 2. The van der Waals surface area contributed by atoms with Crippen LogP contribution in [0.2, 0.25) is 0 Å². The molecule has 0 spiro atoms. The van der Waals surface area contributed by atoms with Crippen LogP contribution in [0.4, 0.5) is 0 Å². The lowest BCUT2D eigenvalue weighted by molar-refractivity contribution is -0.145. The fraction of sp³-hybridized carbons (Fsp3) is 0.192. The summed E-state index contributed by atoms with van der Waals surface area (Å²) in [5, 5.41) is 11.4. The van der Waals surface area contributed by atoms with E-state index < -0.39 is 59.7 Å². The summed E-state index contributed by atoms with van der Waals surface area (Å²) in [6, 6.07) is 45.8. The molecule has 6 aromatic rings. The summed E-state index contributed by atoms with van der Waals surface area (Å²) >= 11 is 0. The third-order valence-electron chi connectivity index (χ3n) is 10.6. The zero-order valence-electron chi connectivity index (χ0n) is 35.6. The van der Waals surface area contributed by atoms with Crippen LogP contribution in [0, 0.1) is 0 Å². The highest BCUT2D eigenvalue weighted by molar-refractivity contribution is 6.08. The molecule has 326 valence electrons. The molecular formula is C52H50N4O8. The third kappa shape index (κ3) is 12.6. The maximum Gasteiger partial charge on any atom is 0.328 e. The summed E-state index contributed by atoms with van der Waals surface area (Å²) in [6.45, 7) is 0. The van der Waals surface area contributed by atoms with Crippen molar-refractivity contribution in [3.63, 3.8) is 0 Å². The van der Waals surface area contributed by atoms with Crippen LogP contribution in [-0.2, 0) is 54.3 Å². The molecule has 0 saturated carbocycles. The van der Waals surface area contributed by atoms with Gasteiger partial charge in [0, 0.05) is 36.8 Å². The van der Waals surface area contributed by atoms with Crippen molar-refractivity contribution < 1.29 is 38.2 Å². The highest BCUT2D eigenvalue weighted by Gasteiger charge is 2.31. The number of carbonyl (C=O) groups is 6. The van der Waals surface area contributed by atoms with E-state index in [1.807, 2.05) is 121 Å². The van der Waals surface area contributed by atoms with Gasteiger partial charge in [0.15, 0.2) is 0 Å². The minimum Gasteiger partial charge on any atom is -0.467 e. The molecule has 6 rings (SSSR count). The summed E-state index contributed by atoms with van der Waals surface area (Å²) in [5.74, 6) is -3.67. The van der Waals surface area contributed by atoms with Gasteiger partial charge < -0.3 is 30.7 Å². The lowest BCUT2D eigenvalue weighted by atomic mass is 9.93. The number of carbonyl (C=O) groups excluding carboxylic acids is 6. The van der Waals surface area contributed by atoms with E-state index in [9.17, 15) is 28.8 Å². The first kappa shape index (κ1) is 45.7. The molecule has 0 bridgehead atoms. The molecule has 12 heteroatoms. The van der Waals surface area contributed by atoms with Gasteiger partial charge in [0.1, 0.15) is 24.2 Å². The second-order valence-corrected chi connectivity index (χ2v) is 15.1. The molecule has 6 aromatic carbocycles. The number of nitrogens with one attached hydrogen (secondary N) is 4. The average molecular weight is 859 g/mol. The van der Waals surface area contributed by atoms with Gasteiger partial charge in [-0.1, -0.05) is 158 Å². The Morgan fingerprint density at radius 2 is 0.625 bits per heavy atom. The van der Waals surface area contributed by atoms with Crippen molar-refractivity contribution in [3.05, 3.63) is 203 Å². The minimum absolute atomic E-state index is 0.103. The Hall–Kier alpha value is -7.86. The standard InChI is InChI=1S/C52H50N4O8/c1-63-51(61)45(33-37-23-11-5-12-24-37)55-49(59)43(31-35-19-7-3-8-20-35)53-47(57)41-29-17-15-27-39(41)40-28-16-18-30-42(40)48(58)54-44(32-36-21-9-4-10-22-36)50(60)56-46(52(62)64-2)34-38-25-13-6-14-26-38/h3-30,43-46H,31-34H2,1-2H3,(H,53,57)(H,54,58)(H,55,59)(H,56,60)/t43-,44-,45-,46-/m0/s1. The predicted molar refractivity (Wildman–Crippen MR) is 243 cm³/mol. The SMILES string of the molecule is COC(=O)[C@H](Cc1ccccc1)NC(=O)[C@H](Cc1ccccc1)NC(=O)c1ccccc1-c1ccccc1C(=O)N[C@@H](Cc1ccccc1)C(=O)N[C@@H](Cc1ccccc1)C(=O)OC. The smallest absolute Gasteiger partial charge is 0.328 e. The van der Waals surface area contributed by atoms with E-state index in [0.717, 1.165) is 22.3 Å². The molecule has 0 radical (unpaired) electrons. The summed E-state index contributed by atoms with van der Waals surface area (Å²) in [4.78, 5) is 82.8. The van der Waals surface area contributed by atoms with E-state index in [0.29, 0.717) is 11.1 Å². The molecule has 0 heterocycles. The van der Waals surface area contributed by atoms with Crippen LogP contribution < -0.4 is 21.3 Å². The van der Waals surface area contributed by atoms with Crippen molar-refractivity contribution in [1.82, 2.24) is 21.3 Å². The first-order valence-corrected chi connectivity index (χ1v) is 20.9. The zero-order valence-corrected chi connectivity index (χ0v) is 35.6. The lowest BCUT2D eigenvalue weighted by Crippen LogP contribution is -2.53. The quantitative estimate of drug-likeness (QED) is 0.0738. The molecule has 0 unspecified atom stereocenters. The number of esters is 2. The molecule has 0 aliphatic carbocycles. The van der Waals surface area contributed by atoms with Crippen LogP contribution in [0.25, 0.3) is 11.1 Å². The molecular weight excluding hydrogens is 809 g/mol. The van der Waals surface area contributed by atoms with Crippen molar-refractivity contribution >= 4 is 35.6 Å².